The second-order valence-corrected chi connectivity index (χ2v) is 14.2. The highest BCUT2D eigenvalue weighted by Gasteiger charge is 2.40. The summed E-state index contributed by atoms with van der Waals surface area (Å²) in [6.45, 7) is 2.02. The number of ether oxygens (including phenoxy) is 2. The first kappa shape index (κ1) is 34.5. The van der Waals surface area contributed by atoms with Crippen molar-refractivity contribution in [3.8, 4) is 11.5 Å². The number of imide groups is 2. The molecule has 2 atom stereocenters. The van der Waals surface area contributed by atoms with E-state index in [0.717, 1.165) is 53.2 Å². The first-order valence-corrected chi connectivity index (χ1v) is 18.2. The van der Waals surface area contributed by atoms with Crippen LogP contribution in [0.2, 0.25) is 10.0 Å². The van der Waals surface area contributed by atoms with Gasteiger partial charge < -0.3 is 14.4 Å². The lowest BCUT2D eigenvalue weighted by Gasteiger charge is -2.44. The Morgan fingerprint density at radius 1 is 0.792 bits per heavy atom. The molecular weight excluding hydrogens is 709 g/mol. The van der Waals surface area contributed by atoms with Crippen LogP contribution in [0.15, 0.2) is 115 Å². The van der Waals surface area contributed by atoms with Gasteiger partial charge in [0.05, 0.1) is 17.8 Å². The number of urea groups is 1. The number of hydrogen-bond acceptors (Lipinski definition) is 6. The van der Waals surface area contributed by atoms with E-state index in [9.17, 15) is 14.4 Å². The van der Waals surface area contributed by atoms with E-state index in [-0.39, 0.29) is 29.0 Å². The van der Waals surface area contributed by atoms with Crippen molar-refractivity contribution in [3.63, 3.8) is 0 Å². The van der Waals surface area contributed by atoms with Gasteiger partial charge in [-0.05, 0) is 88.7 Å². The summed E-state index contributed by atoms with van der Waals surface area (Å²) in [7, 11) is 1.48. The van der Waals surface area contributed by atoms with Gasteiger partial charge >= 0.3 is 6.03 Å². The summed E-state index contributed by atoms with van der Waals surface area (Å²) in [5.41, 5.74) is 7.11. The predicted molar refractivity (Wildman–Crippen MR) is 207 cm³/mol. The van der Waals surface area contributed by atoms with Crippen LogP contribution in [0.4, 0.5) is 16.2 Å². The normalized spacial score (nSPS) is 18.8. The fourth-order valence-corrected chi connectivity index (χ4v) is 8.13. The van der Waals surface area contributed by atoms with Crippen LogP contribution in [0.25, 0.3) is 6.08 Å². The highest BCUT2D eigenvalue weighted by atomic mass is 35.5. The number of nitrogens with one attached hydrogen (secondary N) is 1. The number of carbonyl (C=O) groups is 3. The van der Waals surface area contributed by atoms with E-state index < -0.39 is 17.8 Å². The molecule has 8 nitrogen and oxygen atoms in total. The molecule has 0 unspecified atom stereocenters. The summed E-state index contributed by atoms with van der Waals surface area (Å²) < 4.78 is 11.6. The Morgan fingerprint density at radius 2 is 1.40 bits per heavy atom. The summed E-state index contributed by atoms with van der Waals surface area (Å²) >= 11 is 12.7. The minimum absolute atomic E-state index is 0.0605. The lowest BCUT2D eigenvalue weighted by atomic mass is 9.76. The Labute approximate surface area is 317 Å². The van der Waals surface area contributed by atoms with Gasteiger partial charge in [0.1, 0.15) is 12.2 Å². The van der Waals surface area contributed by atoms with Gasteiger partial charge in [-0.25, -0.2) is 9.69 Å². The lowest BCUT2D eigenvalue weighted by Crippen LogP contribution is -2.54. The third kappa shape index (κ3) is 6.65. The minimum Gasteiger partial charge on any atom is -0.493 e. The molecule has 0 aliphatic carbocycles. The van der Waals surface area contributed by atoms with Crippen molar-refractivity contribution in [2.45, 2.75) is 31.3 Å². The summed E-state index contributed by atoms with van der Waals surface area (Å²) in [4.78, 5) is 44.8. The van der Waals surface area contributed by atoms with Gasteiger partial charge in [-0.1, -0.05) is 96.0 Å². The van der Waals surface area contributed by atoms with Crippen molar-refractivity contribution in [1.82, 2.24) is 5.32 Å². The number of barbiturate groups is 1. The van der Waals surface area contributed by atoms with Gasteiger partial charge in [-0.2, -0.15) is 0 Å². The predicted octanol–water partition coefficient (Wildman–Crippen LogP) is 9.12. The maximum absolute atomic E-state index is 14.4. The number of methoxy groups -OCH3 is 1. The molecule has 5 aromatic carbocycles. The van der Waals surface area contributed by atoms with Crippen molar-refractivity contribution in [2.75, 3.05) is 30.0 Å². The van der Waals surface area contributed by atoms with Crippen molar-refractivity contribution < 1.29 is 23.9 Å². The average molecular weight is 745 g/mol. The third-order valence-corrected chi connectivity index (χ3v) is 10.8. The van der Waals surface area contributed by atoms with Gasteiger partial charge in [0.15, 0.2) is 11.5 Å². The zero-order valence-corrected chi connectivity index (χ0v) is 30.4. The quantitative estimate of drug-likeness (QED) is 0.126. The van der Waals surface area contributed by atoms with E-state index in [1.54, 1.807) is 24.3 Å². The van der Waals surface area contributed by atoms with Crippen LogP contribution >= 0.6 is 23.2 Å². The van der Waals surface area contributed by atoms with E-state index in [0.29, 0.717) is 27.8 Å². The molecule has 266 valence electrons. The van der Waals surface area contributed by atoms with Crippen molar-refractivity contribution in [2.24, 2.45) is 0 Å². The van der Waals surface area contributed by atoms with Crippen LogP contribution in [0.3, 0.4) is 0 Å². The Balaban J connectivity index is 1.18. The number of carbonyl (C=O) groups excluding carboxylic acids is 3. The first-order chi connectivity index (χ1) is 25.8. The SMILES string of the molecule is COc1cc(/C=C2\C(=O)NC(=O)N(c3cc4c5c(c3)[C@H](c3ccccc3)CCN5CC[C@@H]4c3ccccc3)C2=O)cc(Cl)c1OCc1ccc(Cl)cc1. The van der Waals surface area contributed by atoms with Gasteiger partial charge in [0.2, 0.25) is 0 Å². The summed E-state index contributed by atoms with van der Waals surface area (Å²) in [6.07, 6.45) is 3.20. The molecule has 0 spiro atoms. The fourth-order valence-electron chi connectivity index (χ4n) is 7.73. The van der Waals surface area contributed by atoms with E-state index in [2.05, 4.69) is 34.5 Å². The maximum Gasteiger partial charge on any atom is 0.335 e. The van der Waals surface area contributed by atoms with Gasteiger partial charge in [0, 0.05) is 35.6 Å². The Morgan fingerprint density at radius 3 is 1.98 bits per heavy atom. The summed E-state index contributed by atoms with van der Waals surface area (Å²) in [5, 5.41) is 3.24. The van der Waals surface area contributed by atoms with Crippen LogP contribution in [-0.2, 0) is 16.2 Å². The van der Waals surface area contributed by atoms with E-state index in [1.165, 1.54) is 24.3 Å². The molecule has 10 heteroatoms. The zero-order valence-electron chi connectivity index (χ0n) is 28.9. The zero-order chi connectivity index (χ0) is 36.6. The topological polar surface area (TPSA) is 88.2 Å². The van der Waals surface area contributed by atoms with Crippen molar-refractivity contribution in [1.29, 1.82) is 0 Å². The monoisotopic (exact) mass is 743 g/mol. The maximum atomic E-state index is 14.4. The molecule has 4 amide bonds. The van der Waals surface area contributed by atoms with Crippen LogP contribution < -0.4 is 24.6 Å². The molecule has 3 heterocycles. The van der Waals surface area contributed by atoms with Gasteiger partial charge in [-0.3, -0.25) is 14.9 Å². The van der Waals surface area contributed by atoms with Crippen molar-refractivity contribution in [3.05, 3.63) is 158 Å². The van der Waals surface area contributed by atoms with Crippen LogP contribution in [0, 0.1) is 0 Å². The molecule has 0 aromatic heterocycles. The summed E-state index contributed by atoms with van der Waals surface area (Å²) in [5.74, 6) is -0.799. The standard InChI is InChI=1S/C43H35Cl2N3O5/c1-52-38-22-27(21-37(45)40(38)53-25-26-12-14-30(44)15-13-26)20-36-41(49)46-43(51)48(42(36)50)31-23-34-32(28-8-4-2-5-9-28)16-18-47-19-17-33(35(24-31)39(34)47)29-10-6-3-7-11-29/h2-15,20-24,32-33H,16-19,25H2,1H3,(H,46,49,51)/b36-20+/t32-,33+. The molecule has 3 aliphatic rings. The number of hydrogen-bond donors (Lipinski definition) is 1. The molecule has 3 aliphatic heterocycles. The second-order valence-electron chi connectivity index (χ2n) is 13.4. The average Bonchev–Trinajstić information content (AvgIpc) is 3.17. The molecule has 53 heavy (non-hydrogen) atoms. The molecule has 1 fully saturated rings. The number of halogens is 2. The Hall–Kier alpha value is -5.57. The molecule has 8 rings (SSSR count). The van der Waals surface area contributed by atoms with Crippen LogP contribution in [0.1, 0.15) is 58.1 Å². The van der Waals surface area contributed by atoms with E-state index >= 15 is 0 Å². The van der Waals surface area contributed by atoms with Gasteiger partial charge in [-0.15, -0.1) is 0 Å². The fraction of sp³-hybridized carbons (Fsp3) is 0.186. The number of amides is 4. The minimum atomic E-state index is -0.804. The molecule has 1 saturated heterocycles. The molecular formula is C43H35Cl2N3O5. The highest BCUT2D eigenvalue weighted by Crippen LogP contribution is 2.50. The number of nitrogens with zero attached hydrogens (tertiary/aromatic N) is 2. The highest BCUT2D eigenvalue weighted by molar-refractivity contribution is 6.39. The first-order valence-electron chi connectivity index (χ1n) is 17.5. The lowest BCUT2D eigenvalue weighted by molar-refractivity contribution is -0.122. The molecule has 0 saturated carbocycles. The second kappa shape index (κ2) is 14.5. The van der Waals surface area contributed by atoms with E-state index in [1.807, 2.05) is 60.7 Å². The van der Waals surface area contributed by atoms with Crippen LogP contribution in [0.5, 0.6) is 11.5 Å². The Kier molecular flexibility index (Phi) is 9.41. The molecule has 1 N–H and O–H groups in total. The number of rotatable bonds is 8. The number of anilines is 2. The number of benzene rings is 5. The van der Waals surface area contributed by atoms with Gasteiger partial charge in [0.25, 0.3) is 11.8 Å². The molecule has 0 bridgehead atoms. The molecule has 0 radical (unpaired) electrons. The third-order valence-electron chi connectivity index (χ3n) is 10.2. The van der Waals surface area contributed by atoms with E-state index in [4.69, 9.17) is 32.7 Å². The van der Waals surface area contributed by atoms with Crippen molar-refractivity contribution >= 4 is 58.5 Å². The summed E-state index contributed by atoms with van der Waals surface area (Å²) in [6, 6.07) is 34.2. The largest absolute Gasteiger partial charge is 0.493 e. The smallest absolute Gasteiger partial charge is 0.335 e. The Bertz CT molecular complexity index is 2190. The molecule has 5 aromatic rings. The van der Waals surface area contributed by atoms with Crippen LogP contribution in [-0.4, -0.2) is 38.0 Å².